The van der Waals surface area contributed by atoms with Crippen molar-refractivity contribution < 1.29 is 9.59 Å². The third-order valence-electron chi connectivity index (χ3n) is 4.86. The third kappa shape index (κ3) is 3.60. The number of hydrogen-bond acceptors (Lipinski definition) is 2. The first kappa shape index (κ1) is 17.3. The normalized spacial score (nSPS) is 18.0. The van der Waals surface area contributed by atoms with E-state index in [1.165, 1.54) is 0 Å². The van der Waals surface area contributed by atoms with Crippen molar-refractivity contribution in [3.05, 3.63) is 42.1 Å². The van der Waals surface area contributed by atoms with E-state index in [2.05, 4.69) is 16.7 Å². The lowest BCUT2D eigenvalue weighted by Crippen LogP contribution is -2.44. The number of carbonyl (C=O) groups excluding carboxylic acids is 2. The van der Waals surface area contributed by atoms with Gasteiger partial charge < -0.3 is 14.4 Å². The zero-order valence-electron chi connectivity index (χ0n) is 15.1. The molecule has 0 radical (unpaired) electrons. The van der Waals surface area contributed by atoms with Crippen LogP contribution in [-0.2, 0) is 16.6 Å². The van der Waals surface area contributed by atoms with Gasteiger partial charge >= 0.3 is 0 Å². The Hall–Kier alpha value is -2.56. The van der Waals surface area contributed by atoms with Crippen LogP contribution in [-0.4, -0.2) is 53.4 Å². The lowest BCUT2D eigenvalue weighted by molar-refractivity contribution is -0.137. The number of hydrogen-bond donors (Lipinski definition) is 0. The maximum absolute atomic E-state index is 12.6. The fourth-order valence-electron chi connectivity index (χ4n) is 3.52. The SMILES string of the molecule is CN(C)C(=O)C1CCCN(C(=O)C=Cc2cn(C)c3ccccc23)C1. The molecular weight excluding hydrogens is 314 g/mol. The number of nitrogens with zero attached hydrogens (tertiary/aromatic N) is 3. The number of fused-ring (bicyclic) bond motifs is 1. The Morgan fingerprint density at radius 3 is 2.76 bits per heavy atom. The number of aryl methyl sites for hydroxylation is 1. The van der Waals surface area contributed by atoms with E-state index in [0.29, 0.717) is 6.54 Å². The molecule has 1 unspecified atom stereocenters. The summed E-state index contributed by atoms with van der Waals surface area (Å²) in [6.07, 6.45) is 7.27. The van der Waals surface area contributed by atoms with Crippen LogP contribution in [0, 0.1) is 5.92 Å². The molecule has 3 rings (SSSR count). The summed E-state index contributed by atoms with van der Waals surface area (Å²) >= 11 is 0. The van der Waals surface area contributed by atoms with Crippen LogP contribution in [0.4, 0.5) is 0 Å². The predicted molar refractivity (Wildman–Crippen MR) is 100.0 cm³/mol. The maximum atomic E-state index is 12.6. The van der Waals surface area contributed by atoms with Crippen LogP contribution in [0.3, 0.4) is 0 Å². The molecule has 2 heterocycles. The molecule has 1 fully saturated rings. The lowest BCUT2D eigenvalue weighted by atomic mass is 9.96. The highest BCUT2D eigenvalue weighted by Gasteiger charge is 2.28. The quantitative estimate of drug-likeness (QED) is 0.807. The number of piperidine rings is 1. The van der Waals surface area contributed by atoms with Gasteiger partial charge in [0.15, 0.2) is 0 Å². The van der Waals surface area contributed by atoms with Crippen LogP contribution in [0.5, 0.6) is 0 Å². The highest BCUT2D eigenvalue weighted by molar-refractivity contribution is 5.96. The fourth-order valence-corrected chi connectivity index (χ4v) is 3.52. The number of carbonyl (C=O) groups is 2. The number of aromatic nitrogens is 1. The highest BCUT2D eigenvalue weighted by atomic mass is 16.2. The molecule has 25 heavy (non-hydrogen) atoms. The van der Waals surface area contributed by atoms with Crippen LogP contribution in [0.1, 0.15) is 18.4 Å². The van der Waals surface area contributed by atoms with E-state index in [-0.39, 0.29) is 17.7 Å². The molecule has 1 aromatic carbocycles. The minimum atomic E-state index is -0.0846. The van der Waals surface area contributed by atoms with Gasteiger partial charge in [-0.25, -0.2) is 0 Å². The number of rotatable bonds is 3. The zero-order chi connectivity index (χ0) is 18.0. The molecule has 0 N–H and O–H groups in total. The van der Waals surface area contributed by atoms with E-state index >= 15 is 0 Å². The number of para-hydroxylation sites is 1. The van der Waals surface area contributed by atoms with Crippen molar-refractivity contribution >= 4 is 28.8 Å². The summed E-state index contributed by atoms with van der Waals surface area (Å²) in [6.45, 7) is 1.23. The van der Waals surface area contributed by atoms with Gasteiger partial charge in [-0.1, -0.05) is 18.2 Å². The second kappa shape index (κ2) is 7.13. The molecular formula is C20H25N3O2. The molecule has 0 aliphatic carbocycles. The highest BCUT2D eigenvalue weighted by Crippen LogP contribution is 2.22. The monoisotopic (exact) mass is 339 g/mol. The van der Waals surface area contributed by atoms with Crippen LogP contribution in [0.15, 0.2) is 36.5 Å². The Kier molecular flexibility index (Phi) is 4.93. The summed E-state index contributed by atoms with van der Waals surface area (Å²) in [5.41, 5.74) is 2.17. The fraction of sp³-hybridized carbons (Fsp3) is 0.400. The summed E-state index contributed by atoms with van der Waals surface area (Å²) in [6, 6.07) is 8.14. The minimum absolute atomic E-state index is 0.0239. The first-order valence-electron chi connectivity index (χ1n) is 8.69. The van der Waals surface area contributed by atoms with Gasteiger partial charge in [0.25, 0.3) is 0 Å². The van der Waals surface area contributed by atoms with E-state index in [1.807, 2.05) is 31.5 Å². The van der Waals surface area contributed by atoms with E-state index < -0.39 is 0 Å². The van der Waals surface area contributed by atoms with Crippen LogP contribution in [0.25, 0.3) is 17.0 Å². The van der Waals surface area contributed by atoms with Crippen LogP contribution < -0.4 is 0 Å². The Balaban J connectivity index is 1.73. The molecule has 1 saturated heterocycles. The topological polar surface area (TPSA) is 45.6 Å². The molecule has 0 spiro atoms. The van der Waals surface area contributed by atoms with Crippen molar-refractivity contribution in [3.8, 4) is 0 Å². The van der Waals surface area contributed by atoms with E-state index in [1.54, 1.807) is 30.0 Å². The van der Waals surface area contributed by atoms with Crippen molar-refractivity contribution in [2.75, 3.05) is 27.2 Å². The molecule has 1 aliphatic heterocycles. The largest absolute Gasteiger partial charge is 0.350 e. The van der Waals surface area contributed by atoms with E-state index in [4.69, 9.17) is 0 Å². The van der Waals surface area contributed by atoms with Gasteiger partial charge in [0.05, 0.1) is 5.92 Å². The Morgan fingerprint density at radius 2 is 2.00 bits per heavy atom. The molecule has 0 saturated carbocycles. The Morgan fingerprint density at radius 1 is 1.24 bits per heavy atom. The number of amides is 2. The van der Waals surface area contributed by atoms with Crippen LogP contribution >= 0.6 is 0 Å². The zero-order valence-corrected chi connectivity index (χ0v) is 15.1. The van der Waals surface area contributed by atoms with Crippen molar-refractivity contribution in [2.45, 2.75) is 12.8 Å². The summed E-state index contributed by atoms with van der Waals surface area (Å²) in [5.74, 6) is -0.00150. The average molecular weight is 339 g/mol. The Labute approximate surface area is 148 Å². The number of likely N-dealkylation sites (tertiary alicyclic amines) is 1. The molecule has 1 aromatic heterocycles. The smallest absolute Gasteiger partial charge is 0.246 e. The second-order valence-electron chi connectivity index (χ2n) is 6.90. The van der Waals surface area contributed by atoms with Gasteiger partial charge in [-0.2, -0.15) is 0 Å². The molecule has 2 amide bonds. The van der Waals surface area contributed by atoms with Crippen molar-refractivity contribution in [2.24, 2.45) is 13.0 Å². The number of benzene rings is 1. The Bertz CT molecular complexity index is 819. The minimum Gasteiger partial charge on any atom is -0.350 e. The average Bonchev–Trinajstić information content (AvgIpc) is 2.95. The molecule has 132 valence electrons. The first-order valence-corrected chi connectivity index (χ1v) is 8.69. The van der Waals surface area contributed by atoms with Crippen LogP contribution in [0.2, 0.25) is 0 Å². The molecule has 5 nitrogen and oxygen atoms in total. The van der Waals surface area contributed by atoms with Gasteiger partial charge in [-0.3, -0.25) is 9.59 Å². The van der Waals surface area contributed by atoms with Crippen molar-refractivity contribution in [1.29, 1.82) is 0 Å². The molecule has 1 aliphatic rings. The summed E-state index contributed by atoms with van der Waals surface area (Å²) < 4.78 is 2.06. The second-order valence-corrected chi connectivity index (χ2v) is 6.90. The van der Waals surface area contributed by atoms with E-state index in [9.17, 15) is 9.59 Å². The molecule has 5 heteroatoms. The van der Waals surface area contributed by atoms with Gasteiger partial charge in [0.1, 0.15) is 0 Å². The first-order chi connectivity index (χ1) is 12.0. The summed E-state index contributed by atoms with van der Waals surface area (Å²) in [4.78, 5) is 28.1. The molecule has 1 atom stereocenters. The van der Waals surface area contributed by atoms with Gasteiger partial charge in [0.2, 0.25) is 11.8 Å². The summed E-state index contributed by atoms with van der Waals surface area (Å²) in [5, 5.41) is 1.13. The van der Waals surface area contributed by atoms with Crippen molar-refractivity contribution in [1.82, 2.24) is 14.4 Å². The maximum Gasteiger partial charge on any atom is 0.246 e. The lowest BCUT2D eigenvalue weighted by Gasteiger charge is -2.32. The van der Waals surface area contributed by atoms with Gasteiger partial charge in [-0.05, 0) is 25.0 Å². The van der Waals surface area contributed by atoms with Crippen molar-refractivity contribution in [3.63, 3.8) is 0 Å². The third-order valence-corrected chi connectivity index (χ3v) is 4.86. The van der Waals surface area contributed by atoms with E-state index in [0.717, 1.165) is 35.9 Å². The van der Waals surface area contributed by atoms with Gasteiger partial charge in [0, 0.05) is 63.0 Å². The molecule has 2 aromatic rings. The van der Waals surface area contributed by atoms with Gasteiger partial charge in [-0.15, -0.1) is 0 Å². The standard InChI is InChI=1S/C20H25N3O2/c1-21(2)20(25)16-7-6-12-23(14-16)19(24)11-10-15-13-22(3)18-9-5-4-8-17(15)18/h4-5,8-11,13,16H,6-7,12,14H2,1-3H3. The molecule has 0 bridgehead atoms. The predicted octanol–water partition coefficient (Wildman–Crippen LogP) is 2.52. The summed E-state index contributed by atoms with van der Waals surface area (Å²) in [7, 11) is 5.54.